The molecule has 0 bridgehead atoms. The number of carbonyl (C=O) groups is 1. The van der Waals surface area contributed by atoms with E-state index in [4.69, 9.17) is 4.74 Å². The molecular formula is C15H22N2O2Si. The van der Waals surface area contributed by atoms with Gasteiger partial charge in [-0.1, -0.05) is 31.8 Å². The van der Waals surface area contributed by atoms with Crippen molar-refractivity contribution in [2.45, 2.75) is 39.3 Å². The number of hydrogen-bond acceptors (Lipinski definition) is 3. The molecule has 1 aromatic carbocycles. The largest absolute Gasteiger partial charge is 0.360 e. The molecule has 4 nitrogen and oxygen atoms in total. The number of fused-ring (bicyclic) bond motifs is 1. The van der Waals surface area contributed by atoms with Crippen molar-refractivity contribution in [2.75, 3.05) is 6.61 Å². The molecule has 0 saturated carbocycles. The van der Waals surface area contributed by atoms with Crippen LogP contribution in [-0.4, -0.2) is 30.7 Å². The van der Waals surface area contributed by atoms with E-state index in [-0.39, 0.29) is 0 Å². The van der Waals surface area contributed by atoms with Crippen LogP contribution in [0, 0.1) is 6.92 Å². The van der Waals surface area contributed by atoms with Gasteiger partial charge >= 0.3 is 0 Å². The van der Waals surface area contributed by atoms with Crippen molar-refractivity contribution in [2.24, 2.45) is 0 Å². The predicted molar refractivity (Wildman–Crippen MR) is 84.0 cm³/mol. The Morgan fingerprint density at radius 2 is 2.10 bits per heavy atom. The third kappa shape index (κ3) is 3.35. The molecule has 1 heterocycles. The summed E-state index contributed by atoms with van der Waals surface area (Å²) >= 11 is 0. The molecule has 108 valence electrons. The highest BCUT2D eigenvalue weighted by Crippen LogP contribution is 2.21. The first-order valence-corrected chi connectivity index (χ1v) is 10.6. The zero-order valence-corrected chi connectivity index (χ0v) is 13.6. The van der Waals surface area contributed by atoms with Gasteiger partial charge < -0.3 is 4.74 Å². The summed E-state index contributed by atoms with van der Waals surface area (Å²) in [7, 11) is -1.07. The Labute approximate surface area is 120 Å². The molecule has 0 aliphatic rings. The first-order valence-electron chi connectivity index (χ1n) is 6.91. The maximum absolute atomic E-state index is 11.1. The van der Waals surface area contributed by atoms with Crippen molar-refractivity contribution in [1.29, 1.82) is 0 Å². The van der Waals surface area contributed by atoms with Gasteiger partial charge in [0.15, 0.2) is 6.29 Å². The van der Waals surface area contributed by atoms with Gasteiger partial charge in [0.05, 0.1) is 5.52 Å². The summed E-state index contributed by atoms with van der Waals surface area (Å²) in [5, 5.41) is 5.26. The van der Waals surface area contributed by atoms with Gasteiger partial charge in [-0.2, -0.15) is 5.10 Å². The van der Waals surface area contributed by atoms with Gasteiger partial charge in [0.1, 0.15) is 12.4 Å². The minimum absolute atomic E-state index is 0.401. The zero-order chi connectivity index (χ0) is 14.8. The fourth-order valence-corrected chi connectivity index (χ4v) is 2.90. The Bertz CT molecular complexity index is 614. The standard InChI is InChI=1S/C15H22N2O2Si/c1-12-6-5-7-14-15(12)13(10-18)16-17(14)11-19-8-9-20(2,3)4/h5-7,10H,8-9,11H2,1-4H3. The number of aldehydes is 1. The van der Waals surface area contributed by atoms with Crippen molar-refractivity contribution in [1.82, 2.24) is 9.78 Å². The monoisotopic (exact) mass is 290 g/mol. The summed E-state index contributed by atoms with van der Waals surface area (Å²) < 4.78 is 7.49. The van der Waals surface area contributed by atoms with Gasteiger partial charge in [0.2, 0.25) is 0 Å². The van der Waals surface area contributed by atoms with Gasteiger partial charge in [-0.3, -0.25) is 4.79 Å². The van der Waals surface area contributed by atoms with Gasteiger partial charge in [-0.05, 0) is 24.6 Å². The molecule has 0 amide bonds. The average molecular weight is 290 g/mol. The Morgan fingerprint density at radius 3 is 2.75 bits per heavy atom. The molecule has 20 heavy (non-hydrogen) atoms. The van der Waals surface area contributed by atoms with Gasteiger partial charge in [-0.25, -0.2) is 4.68 Å². The zero-order valence-electron chi connectivity index (χ0n) is 12.6. The van der Waals surface area contributed by atoms with E-state index in [0.29, 0.717) is 12.4 Å². The summed E-state index contributed by atoms with van der Waals surface area (Å²) in [5.41, 5.74) is 2.52. The maximum atomic E-state index is 11.1. The molecule has 1 aromatic heterocycles. The molecule has 2 rings (SSSR count). The van der Waals surface area contributed by atoms with E-state index in [1.165, 1.54) is 0 Å². The molecule has 0 atom stereocenters. The van der Waals surface area contributed by atoms with Crippen LogP contribution in [0.25, 0.3) is 10.9 Å². The van der Waals surface area contributed by atoms with Crippen LogP contribution >= 0.6 is 0 Å². The van der Waals surface area contributed by atoms with Crippen LogP contribution in [0.3, 0.4) is 0 Å². The van der Waals surface area contributed by atoms with Gasteiger partial charge in [0.25, 0.3) is 0 Å². The summed E-state index contributed by atoms with van der Waals surface area (Å²) in [6.45, 7) is 10.1. The van der Waals surface area contributed by atoms with Crippen LogP contribution < -0.4 is 0 Å². The number of nitrogens with zero attached hydrogens (tertiary/aromatic N) is 2. The van der Waals surface area contributed by atoms with Crippen LogP contribution in [0.4, 0.5) is 0 Å². The second kappa shape index (κ2) is 5.89. The average Bonchev–Trinajstić information content (AvgIpc) is 2.73. The first-order chi connectivity index (χ1) is 9.42. The van der Waals surface area contributed by atoms with E-state index < -0.39 is 8.07 Å². The summed E-state index contributed by atoms with van der Waals surface area (Å²) in [5.74, 6) is 0. The van der Waals surface area contributed by atoms with Crippen LogP contribution in [0.2, 0.25) is 25.7 Å². The van der Waals surface area contributed by atoms with Crippen molar-refractivity contribution in [3.05, 3.63) is 29.5 Å². The van der Waals surface area contributed by atoms with Crippen LogP contribution in [0.5, 0.6) is 0 Å². The van der Waals surface area contributed by atoms with E-state index >= 15 is 0 Å². The first kappa shape index (κ1) is 14.9. The maximum Gasteiger partial charge on any atom is 0.170 e. The second-order valence-corrected chi connectivity index (χ2v) is 11.9. The van der Waals surface area contributed by atoms with Crippen molar-refractivity contribution >= 4 is 25.3 Å². The van der Waals surface area contributed by atoms with Crippen LogP contribution in [0.1, 0.15) is 16.1 Å². The molecule has 0 unspecified atom stereocenters. The summed E-state index contributed by atoms with van der Waals surface area (Å²) in [4.78, 5) is 11.1. The van der Waals surface area contributed by atoms with Crippen LogP contribution in [-0.2, 0) is 11.5 Å². The van der Waals surface area contributed by atoms with Gasteiger partial charge in [0, 0.05) is 20.1 Å². The third-order valence-corrected chi connectivity index (χ3v) is 5.04. The molecule has 0 N–H and O–H groups in total. The normalized spacial score (nSPS) is 12.0. The predicted octanol–water partition coefficient (Wildman–Crippen LogP) is 3.47. The lowest BCUT2D eigenvalue weighted by Gasteiger charge is -2.15. The fraction of sp³-hybridized carbons (Fsp3) is 0.467. The Hall–Kier alpha value is -1.46. The molecule has 0 spiro atoms. The smallest absolute Gasteiger partial charge is 0.170 e. The van der Waals surface area contributed by atoms with E-state index in [9.17, 15) is 4.79 Å². The lowest BCUT2D eigenvalue weighted by molar-refractivity contribution is 0.0812. The number of rotatable bonds is 6. The van der Waals surface area contributed by atoms with Crippen LogP contribution in [0.15, 0.2) is 18.2 Å². The van der Waals surface area contributed by atoms with Crippen molar-refractivity contribution in [3.8, 4) is 0 Å². The highest BCUT2D eigenvalue weighted by atomic mass is 28.3. The Morgan fingerprint density at radius 1 is 1.35 bits per heavy atom. The highest BCUT2D eigenvalue weighted by molar-refractivity contribution is 6.76. The van der Waals surface area contributed by atoms with Gasteiger partial charge in [-0.15, -0.1) is 0 Å². The number of benzene rings is 1. The summed E-state index contributed by atoms with van der Waals surface area (Å²) in [6, 6.07) is 7.08. The molecule has 0 aliphatic heterocycles. The summed E-state index contributed by atoms with van der Waals surface area (Å²) in [6.07, 6.45) is 0.813. The molecule has 0 aliphatic carbocycles. The quantitative estimate of drug-likeness (QED) is 0.465. The van der Waals surface area contributed by atoms with E-state index in [2.05, 4.69) is 24.7 Å². The van der Waals surface area contributed by atoms with E-state index in [1.807, 2.05) is 25.1 Å². The molecular weight excluding hydrogens is 268 g/mol. The topological polar surface area (TPSA) is 44.1 Å². The highest BCUT2D eigenvalue weighted by Gasteiger charge is 2.14. The third-order valence-electron chi connectivity index (χ3n) is 3.34. The Balaban J connectivity index is 2.15. The molecule has 0 saturated heterocycles. The SMILES string of the molecule is Cc1cccc2c1c(C=O)nn2COCC[Si](C)(C)C. The van der Waals surface area contributed by atoms with Crippen molar-refractivity contribution in [3.63, 3.8) is 0 Å². The lowest BCUT2D eigenvalue weighted by Crippen LogP contribution is -2.22. The minimum atomic E-state index is -1.07. The van der Waals surface area contributed by atoms with Crippen molar-refractivity contribution < 1.29 is 9.53 Å². The second-order valence-electron chi connectivity index (χ2n) is 6.32. The molecule has 2 aromatic rings. The minimum Gasteiger partial charge on any atom is -0.360 e. The molecule has 5 heteroatoms. The Kier molecular flexibility index (Phi) is 4.40. The number of ether oxygens (including phenoxy) is 1. The number of aromatic nitrogens is 2. The van der Waals surface area contributed by atoms with E-state index in [0.717, 1.165) is 35.4 Å². The van der Waals surface area contributed by atoms with E-state index in [1.54, 1.807) is 4.68 Å². The lowest BCUT2D eigenvalue weighted by atomic mass is 10.1. The molecule has 0 fully saturated rings. The fourth-order valence-electron chi connectivity index (χ4n) is 2.14. The number of hydrogen-bond donors (Lipinski definition) is 0. The molecule has 0 radical (unpaired) electrons. The number of aryl methyl sites for hydroxylation is 1. The number of carbonyl (C=O) groups excluding carboxylic acids is 1.